The van der Waals surface area contributed by atoms with Gasteiger partial charge in [0.25, 0.3) is 11.5 Å². The maximum atomic E-state index is 13.0. The molecule has 0 fully saturated rings. The van der Waals surface area contributed by atoms with E-state index in [1.54, 1.807) is 42.8 Å². The van der Waals surface area contributed by atoms with E-state index in [0.717, 1.165) is 25.0 Å². The Bertz CT molecular complexity index is 1030. The van der Waals surface area contributed by atoms with Crippen molar-refractivity contribution < 1.29 is 9.53 Å². The van der Waals surface area contributed by atoms with Gasteiger partial charge in [0.05, 0.1) is 17.9 Å². The number of ether oxygens (including phenoxy) is 1. The lowest BCUT2D eigenvalue weighted by atomic mass is 10.0. The van der Waals surface area contributed by atoms with E-state index in [1.165, 1.54) is 15.9 Å². The molecule has 2 aromatic heterocycles. The number of aromatic nitrogens is 2. The summed E-state index contributed by atoms with van der Waals surface area (Å²) in [6.45, 7) is 0.796. The summed E-state index contributed by atoms with van der Waals surface area (Å²) in [7, 11) is 1.59. The fourth-order valence-corrected chi connectivity index (χ4v) is 4.49. The highest BCUT2D eigenvalue weighted by atomic mass is 32.1. The highest BCUT2D eigenvalue weighted by Gasteiger charge is 2.19. The Morgan fingerprint density at radius 2 is 2.04 bits per heavy atom. The molecule has 6 nitrogen and oxygen atoms in total. The molecule has 4 rings (SSSR count). The van der Waals surface area contributed by atoms with Gasteiger partial charge in [-0.05, 0) is 31.7 Å². The first-order chi connectivity index (χ1) is 13.2. The molecular formula is C20H21N3O3S. The molecule has 3 aromatic rings. The number of fused-ring (bicyclic) bond motifs is 2. The van der Waals surface area contributed by atoms with Crippen molar-refractivity contribution in [2.45, 2.75) is 32.2 Å². The lowest BCUT2D eigenvalue weighted by Crippen LogP contribution is -2.25. The lowest BCUT2D eigenvalue weighted by Gasteiger charge is -2.11. The van der Waals surface area contributed by atoms with E-state index >= 15 is 0 Å². The SMILES string of the molecule is COCCn1cc(C(=O)Nc2nc3c(s2)CCCC3)c2ccccc2c1=O. The molecule has 2 heterocycles. The number of pyridine rings is 1. The number of thiazole rings is 1. The van der Waals surface area contributed by atoms with Crippen LogP contribution in [0.3, 0.4) is 0 Å². The first-order valence-corrected chi connectivity index (χ1v) is 9.90. The van der Waals surface area contributed by atoms with E-state index in [1.807, 2.05) is 6.07 Å². The summed E-state index contributed by atoms with van der Waals surface area (Å²) >= 11 is 1.55. The van der Waals surface area contributed by atoms with Crippen LogP contribution >= 0.6 is 11.3 Å². The van der Waals surface area contributed by atoms with Crippen LogP contribution in [0.4, 0.5) is 5.13 Å². The number of hydrogen-bond donors (Lipinski definition) is 1. The topological polar surface area (TPSA) is 73.2 Å². The number of methoxy groups -OCH3 is 1. The second-order valence-electron chi connectivity index (χ2n) is 6.63. The van der Waals surface area contributed by atoms with Crippen molar-refractivity contribution in [3.8, 4) is 0 Å². The van der Waals surface area contributed by atoms with Gasteiger partial charge in [-0.25, -0.2) is 4.98 Å². The zero-order valence-corrected chi connectivity index (χ0v) is 16.0. The van der Waals surface area contributed by atoms with E-state index in [-0.39, 0.29) is 11.5 Å². The van der Waals surface area contributed by atoms with Crippen molar-refractivity contribution in [3.05, 3.63) is 57.0 Å². The summed E-state index contributed by atoms with van der Waals surface area (Å²) in [5, 5.41) is 4.74. The molecule has 0 saturated carbocycles. The third-order valence-electron chi connectivity index (χ3n) is 4.84. The number of benzene rings is 1. The van der Waals surface area contributed by atoms with Crippen molar-refractivity contribution in [3.63, 3.8) is 0 Å². The zero-order chi connectivity index (χ0) is 18.8. The highest BCUT2D eigenvalue weighted by molar-refractivity contribution is 7.15. The number of carbonyl (C=O) groups is 1. The van der Waals surface area contributed by atoms with Crippen molar-refractivity contribution in [2.24, 2.45) is 0 Å². The third-order valence-corrected chi connectivity index (χ3v) is 5.91. The van der Waals surface area contributed by atoms with Crippen LogP contribution in [0.2, 0.25) is 0 Å². The van der Waals surface area contributed by atoms with Crippen LogP contribution in [0.5, 0.6) is 0 Å². The molecule has 1 aromatic carbocycles. The normalized spacial score (nSPS) is 13.5. The number of nitrogens with one attached hydrogen (secondary N) is 1. The van der Waals surface area contributed by atoms with Crippen molar-refractivity contribution >= 4 is 33.1 Å². The van der Waals surface area contributed by atoms with Gasteiger partial charge in [0.15, 0.2) is 5.13 Å². The molecule has 0 unspecified atom stereocenters. The Kier molecular flexibility index (Phi) is 5.05. The molecule has 1 amide bonds. The summed E-state index contributed by atoms with van der Waals surface area (Å²) in [6.07, 6.45) is 5.96. The average molecular weight is 383 g/mol. The molecule has 27 heavy (non-hydrogen) atoms. The minimum Gasteiger partial charge on any atom is -0.383 e. The fraction of sp³-hybridized carbons (Fsp3) is 0.350. The Labute approximate surface area is 160 Å². The van der Waals surface area contributed by atoms with E-state index in [2.05, 4.69) is 10.3 Å². The Morgan fingerprint density at radius 3 is 2.81 bits per heavy atom. The van der Waals surface area contributed by atoms with Crippen molar-refractivity contribution in [2.75, 3.05) is 19.0 Å². The molecule has 1 aliphatic carbocycles. The summed E-state index contributed by atoms with van der Waals surface area (Å²) < 4.78 is 6.62. The maximum absolute atomic E-state index is 13.0. The van der Waals surface area contributed by atoms with Gasteiger partial charge in [-0.15, -0.1) is 11.3 Å². The zero-order valence-electron chi connectivity index (χ0n) is 15.2. The summed E-state index contributed by atoms with van der Waals surface area (Å²) in [4.78, 5) is 31.5. The van der Waals surface area contributed by atoms with Gasteiger partial charge in [-0.2, -0.15) is 0 Å². The minimum atomic E-state index is -0.247. The Morgan fingerprint density at radius 1 is 1.26 bits per heavy atom. The predicted octanol–water partition coefficient (Wildman–Crippen LogP) is 3.24. The summed E-state index contributed by atoms with van der Waals surface area (Å²) in [6, 6.07) is 7.19. The van der Waals surface area contributed by atoms with Gasteiger partial charge in [0, 0.05) is 35.5 Å². The number of nitrogens with zero attached hydrogens (tertiary/aromatic N) is 2. The number of rotatable bonds is 5. The third kappa shape index (κ3) is 3.52. The van der Waals surface area contributed by atoms with Gasteiger partial charge in [0.1, 0.15) is 0 Å². The molecule has 7 heteroatoms. The van der Waals surface area contributed by atoms with Crippen LogP contribution < -0.4 is 10.9 Å². The van der Waals surface area contributed by atoms with Gasteiger partial charge in [0.2, 0.25) is 0 Å². The molecular weight excluding hydrogens is 362 g/mol. The number of amides is 1. The first-order valence-electron chi connectivity index (χ1n) is 9.08. The molecule has 0 saturated heterocycles. The smallest absolute Gasteiger partial charge is 0.259 e. The molecule has 140 valence electrons. The van der Waals surface area contributed by atoms with Crippen LogP contribution in [-0.2, 0) is 24.1 Å². The van der Waals surface area contributed by atoms with Crippen LogP contribution in [0.1, 0.15) is 33.8 Å². The van der Waals surface area contributed by atoms with Crippen LogP contribution in [0.25, 0.3) is 10.8 Å². The quantitative estimate of drug-likeness (QED) is 0.734. The molecule has 0 aliphatic heterocycles. The number of anilines is 1. The highest BCUT2D eigenvalue weighted by Crippen LogP contribution is 2.30. The molecule has 0 bridgehead atoms. The van der Waals surface area contributed by atoms with E-state index in [0.29, 0.717) is 34.6 Å². The monoisotopic (exact) mass is 383 g/mol. The van der Waals surface area contributed by atoms with Gasteiger partial charge >= 0.3 is 0 Å². The number of aryl methyl sites for hydroxylation is 2. The van der Waals surface area contributed by atoms with Crippen LogP contribution in [0, 0.1) is 0 Å². The van der Waals surface area contributed by atoms with E-state index in [4.69, 9.17) is 4.74 Å². The molecule has 0 atom stereocenters. The van der Waals surface area contributed by atoms with Gasteiger partial charge in [-0.1, -0.05) is 18.2 Å². The van der Waals surface area contributed by atoms with Crippen molar-refractivity contribution in [1.82, 2.24) is 9.55 Å². The van der Waals surface area contributed by atoms with Crippen LogP contribution in [0.15, 0.2) is 35.3 Å². The predicted molar refractivity (Wildman–Crippen MR) is 107 cm³/mol. The number of hydrogen-bond acceptors (Lipinski definition) is 5. The fourth-order valence-electron chi connectivity index (χ4n) is 3.45. The Hall–Kier alpha value is -2.51. The lowest BCUT2D eigenvalue weighted by molar-refractivity contribution is 0.102. The van der Waals surface area contributed by atoms with Crippen LogP contribution in [-0.4, -0.2) is 29.2 Å². The van der Waals surface area contributed by atoms with E-state index < -0.39 is 0 Å². The second kappa shape index (κ2) is 7.62. The minimum absolute atomic E-state index is 0.121. The average Bonchev–Trinajstić information content (AvgIpc) is 3.09. The first kappa shape index (κ1) is 17.9. The van der Waals surface area contributed by atoms with E-state index in [9.17, 15) is 9.59 Å². The molecule has 0 spiro atoms. The standard InChI is InChI=1S/C20H21N3O3S/c1-26-11-10-23-12-15(13-6-2-3-7-14(13)19(23)25)18(24)22-20-21-16-8-4-5-9-17(16)27-20/h2-3,6-7,12H,4-5,8-11H2,1H3,(H,21,22,24). The van der Waals surface area contributed by atoms with Gasteiger partial charge in [-0.3, -0.25) is 14.9 Å². The van der Waals surface area contributed by atoms with Crippen molar-refractivity contribution in [1.29, 1.82) is 0 Å². The summed E-state index contributed by atoms with van der Waals surface area (Å²) in [5.41, 5.74) is 1.45. The second-order valence-corrected chi connectivity index (χ2v) is 7.71. The maximum Gasteiger partial charge on any atom is 0.259 e. The Balaban J connectivity index is 1.71. The molecule has 1 N–H and O–H groups in total. The van der Waals surface area contributed by atoms with Gasteiger partial charge < -0.3 is 9.30 Å². The summed E-state index contributed by atoms with van der Waals surface area (Å²) in [5.74, 6) is -0.247. The number of carbonyl (C=O) groups excluding carboxylic acids is 1. The molecule has 0 radical (unpaired) electrons. The molecule has 1 aliphatic rings. The largest absolute Gasteiger partial charge is 0.383 e.